The minimum Gasteiger partial charge on any atom is -0.494 e. The van der Waals surface area contributed by atoms with Crippen molar-refractivity contribution in [1.29, 1.82) is 0 Å². The summed E-state index contributed by atoms with van der Waals surface area (Å²) in [6.07, 6.45) is 12.1. The van der Waals surface area contributed by atoms with Crippen molar-refractivity contribution >= 4 is 29.2 Å². The molecule has 0 bridgehead atoms. The largest absolute Gasteiger partial charge is 0.494 e. The number of amides is 1. The first kappa shape index (κ1) is 29.1. The maximum absolute atomic E-state index is 13.6. The van der Waals surface area contributed by atoms with Crippen molar-refractivity contribution in [3.63, 3.8) is 0 Å². The van der Waals surface area contributed by atoms with Gasteiger partial charge in [-0.05, 0) is 73.5 Å². The van der Waals surface area contributed by atoms with Crippen molar-refractivity contribution in [3.05, 3.63) is 95.2 Å². The molecule has 1 aliphatic heterocycles. The fourth-order valence-electron chi connectivity index (χ4n) is 4.80. The Kier molecular flexibility index (Phi) is 10.6. The van der Waals surface area contributed by atoms with Gasteiger partial charge in [-0.15, -0.1) is 0 Å². The highest BCUT2D eigenvalue weighted by Gasteiger charge is 2.32. The van der Waals surface area contributed by atoms with E-state index in [4.69, 9.17) is 9.73 Å². The number of aliphatic imine (C=N–C) groups is 1. The van der Waals surface area contributed by atoms with Crippen molar-refractivity contribution in [2.75, 3.05) is 30.5 Å². The lowest BCUT2D eigenvalue weighted by atomic mass is 10.1. The molecule has 0 spiro atoms. The highest BCUT2D eigenvalue weighted by Crippen LogP contribution is 2.29. The first-order chi connectivity index (χ1) is 19.5. The number of anilines is 2. The third-order valence-corrected chi connectivity index (χ3v) is 7.24. The summed E-state index contributed by atoms with van der Waals surface area (Å²) in [4.78, 5) is 22.2. The molecule has 1 aliphatic rings. The molecular formula is C35H43N3O2. The van der Waals surface area contributed by atoms with Gasteiger partial charge in [0.25, 0.3) is 5.91 Å². The average molecular weight is 538 g/mol. The Morgan fingerprint density at radius 3 is 2.05 bits per heavy atom. The highest BCUT2D eigenvalue weighted by molar-refractivity contribution is 6.33. The van der Waals surface area contributed by atoms with Gasteiger partial charge < -0.3 is 9.64 Å². The molecule has 4 rings (SSSR count). The molecule has 5 nitrogen and oxygen atoms in total. The van der Waals surface area contributed by atoms with E-state index in [1.54, 1.807) is 4.90 Å². The average Bonchev–Trinajstić information content (AvgIpc) is 3.28. The Hall–Kier alpha value is -3.86. The van der Waals surface area contributed by atoms with Gasteiger partial charge in [0.1, 0.15) is 17.3 Å². The fourth-order valence-corrected chi connectivity index (χ4v) is 4.80. The minimum absolute atomic E-state index is 0.134. The number of ether oxygens (including phenoxy) is 1. The fraction of sp³-hybridized carbons (Fsp3) is 0.371. The van der Waals surface area contributed by atoms with Crippen molar-refractivity contribution in [2.45, 2.75) is 65.2 Å². The van der Waals surface area contributed by atoms with Gasteiger partial charge in [0.15, 0.2) is 0 Å². The Morgan fingerprint density at radius 1 is 0.800 bits per heavy atom. The Labute approximate surface area is 240 Å². The summed E-state index contributed by atoms with van der Waals surface area (Å²) in [5, 5.41) is 0. The Morgan fingerprint density at radius 2 is 1.43 bits per heavy atom. The van der Waals surface area contributed by atoms with Crippen LogP contribution in [0.25, 0.3) is 6.08 Å². The number of rotatable bonds is 14. The van der Waals surface area contributed by atoms with E-state index >= 15 is 0 Å². The van der Waals surface area contributed by atoms with Gasteiger partial charge in [-0.3, -0.25) is 9.69 Å². The number of hydrogen-bond donors (Lipinski definition) is 0. The van der Waals surface area contributed by atoms with Crippen molar-refractivity contribution in [1.82, 2.24) is 0 Å². The number of carbonyl (C=O) groups excluding carboxylic acids is 1. The van der Waals surface area contributed by atoms with Crippen LogP contribution in [0.2, 0.25) is 0 Å². The molecule has 0 atom stereocenters. The molecular weight excluding hydrogens is 494 g/mol. The molecule has 0 aliphatic carbocycles. The van der Waals surface area contributed by atoms with Crippen LogP contribution in [-0.4, -0.2) is 32.4 Å². The molecule has 0 fully saturated rings. The second-order valence-electron chi connectivity index (χ2n) is 10.8. The molecule has 0 saturated heterocycles. The van der Waals surface area contributed by atoms with Crippen LogP contribution in [0.3, 0.4) is 0 Å². The summed E-state index contributed by atoms with van der Waals surface area (Å²) in [7, 11) is 4.02. The van der Waals surface area contributed by atoms with Crippen LogP contribution < -0.4 is 14.5 Å². The molecule has 1 amide bonds. The second kappa shape index (κ2) is 14.5. The smallest absolute Gasteiger partial charge is 0.282 e. The van der Waals surface area contributed by atoms with Crippen molar-refractivity contribution < 1.29 is 9.53 Å². The first-order valence-electron chi connectivity index (χ1n) is 14.7. The van der Waals surface area contributed by atoms with Gasteiger partial charge in [0.05, 0.1) is 12.3 Å². The Balaban J connectivity index is 1.46. The number of amidine groups is 1. The number of unbranched alkanes of at least 4 members (excludes halogenated alkanes) is 7. The summed E-state index contributed by atoms with van der Waals surface area (Å²) in [6.45, 7) is 5.02. The standard InChI is InChI=1S/C35H43N3O2/c1-5-6-7-8-9-10-11-12-25-40-32-23-17-29(18-24-32)34-36-33(26-28-15-21-30(22-16-28)37(3)4)35(39)38(34)31-19-13-27(2)14-20-31/h13-24,26H,5-12,25H2,1-4H3. The predicted molar refractivity (Wildman–Crippen MR) is 168 cm³/mol. The monoisotopic (exact) mass is 537 g/mol. The van der Waals surface area contributed by atoms with Crippen LogP contribution in [0.15, 0.2) is 83.5 Å². The van der Waals surface area contributed by atoms with E-state index < -0.39 is 0 Å². The van der Waals surface area contributed by atoms with Crippen molar-refractivity contribution in [2.24, 2.45) is 4.99 Å². The lowest BCUT2D eigenvalue weighted by molar-refractivity contribution is -0.113. The maximum atomic E-state index is 13.6. The van der Waals surface area contributed by atoms with Crippen LogP contribution in [0.1, 0.15) is 75.0 Å². The first-order valence-corrected chi connectivity index (χ1v) is 14.7. The zero-order valence-electron chi connectivity index (χ0n) is 24.5. The quantitative estimate of drug-likeness (QED) is 0.153. The molecule has 3 aromatic carbocycles. The van der Waals surface area contributed by atoms with Crippen LogP contribution in [0.4, 0.5) is 11.4 Å². The van der Waals surface area contributed by atoms with Gasteiger partial charge in [0, 0.05) is 25.3 Å². The van der Waals surface area contributed by atoms with E-state index in [1.165, 1.54) is 44.9 Å². The van der Waals surface area contributed by atoms with Crippen LogP contribution >= 0.6 is 0 Å². The number of carbonyl (C=O) groups is 1. The highest BCUT2D eigenvalue weighted by atomic mass is 16.5. The topological polar surface area (TPSA) is 45.1 Å². The Bertz CT molecular complexity index is 1290. The van der Waals surface area contributed by atoms with Crippen molar-refractivity contribution in [3.8, 4) is 5.75 Å². The minimum atomic E-state index is -0.134. The van der Waals surface area contributed by atoms with Gasteiger partial charge >= 0.3 is 0 Å². The molecule has 0 aromatic heterocycles. The lowest BCUT2D eigenvalue weighted by Gasteiger charge is -2.19. The third-order valence-electron chi connectivity index (χ3n) is 7.24. The summed E-state index contributed by atoms with van der Waals surface area (Å²) < 4.78 is 6.01. The summed E-state index contributed by atoms with van der Waals surface area (Å²) in [5.41, 5.74) is 5.28. The summed E-state index contributed by atoms with van der Waals surface area (Å²) >= 11 is 0. The molecule has 210 valence electrons. The van der Waals surface area contributed by atoms with E-state index in [0.717, 1.165) is 46.8 Å². The molecule has 0 radical (unpaired) electrons. The SMILES string of the molecule is CCCCCCCCCCOc1ccc(C2=NC(=Cc3ccc(N(C)C)cc3)C(=O)N2c2ccc(C)cc2)cc1. The zero-order valence-corrected chi connectivity index (χ0v) is 24.5. The normalized spacial score (nSPS) is 14.1. The zero-order chi connectivity index (χ0) is 28.3. The molecule has 3 aromatic rings. The van der Waals surface area contributed by atoms with Crippen LogP contribution in [-0.2, 0) is 4.79 Å². The number of nitrogens with zero attached hydrogens (tertiary/aromatic N) is 3. The van der Waals surface area contributed by atoms with Gasteiger partial charge in [-0.1, -0.05) is 81.7 Å². The molecule has 40 heavy (non-hydrogen) atoms. The van der Waals surface area contributed by atoms with E-state index in [9.17, 15) is 4.79 Å². The molecule has 0 saturated carbocycles. The van der Waals surface area contributed by atoms with Crippen LogP contribution in [0, 0.1) is 6.92 Å². The summed E-state index contributed by atoms with van der Waals surface area (Å²) in [6, 6.07) is 24.0. The molecule has 0 unspecified atom stereocenters. The second-order valence-corrected chi connectivity index (χ2v) is 10.8. The van der Waals surface area contributed by atoms with Gasteiger partial charge in [0.2, 0.25) is 0 Å². The van der Waals surface area contributed by atoms with E-state index in [-0.39, 0.29) is 5.91 Å². The lowest BCUT2D eigenvalue weighted by Crippen LogP contribution is -2.32. The van der Waals surface area contributed by atoms with E-state index in [0.29, 0.717) is 11.5 Å². The third kappa shape index (κ3) is 7.84. The number of benzene rings is 3. The maximum Gasteiger partial charge on any atom is 0.282 e. The summed E-state index contributed by atoms with van der Waals surface area (Å²) in [5.74, 6) is 1.33. The predicted octanol–water partition coefficient (Wildman–Crippen LogP) is 8.42. The molecule has 1 heterocycles. The molecule has 5 heteroatoms. The van der Waals surface area contributed by atoms with Gasteiger partial charge in [-0.25, -0.2) is 4.99 Å². The van der Waals surface area contributed by atoms with E-state index in [1.807, 2.05) is 99.9 Å². The number of aryl methyl sites for hydroxylation is 1. The van der Waals surface area contributed by atoms with Crippen LogP contribution in [0.5, 0.6) is 5.75 Å². The van der Waals surface area contributed by atoms with E-state index in [2.05, 4.69) is 11.8 Å². The van der Waals surface area contributed by atoms with Gasteiger partial charge in [-0.2, -0.15) is 0 Å². The molecule has 0 N–H and O–H groups in total. The number of hydrogen-bond acceptors (Lipinski definition) is 4.